The van der Waals surface area contributed by atoms with E-state index in [0.717, 1.165) is 10.5 Å². The second kappa shape index (κ2) is 11.4. The zero-order valence-corrected chi connectivity index (χ0v) is 18.9. The molecular weight excluding hydrogens is 434 g/mol. The fraction of sp³-hybridized carbons (Fsp3) is 0.478. The second-order valence-electron chi connectivity index (χ2n) is 8.15. The van der Waals surface area contributed by atoms with Crippen LogP contribution in [0.1, 0.15) is 18.1 Å². The smallest absolute Gasteiger partial charge is 0.340 e. The average molecular weight is 465 g/mol. The highest BCUT2D eigenvalue weighted by Gasteiger charge is 2.31. The van der Waals surface area contributed by atoms with E-state index in [1.165, 1.54) is 7.05 Å². The van der Waals surface area contributed by atoms with Crippen LogP contribution >= 0.6 is 0 Å². The largest absolute Gasteiger partial charge is 0.489 e. The summed E-state index contributed by atoms with van der Waals surface area (Å²) in [7, 11) is 1.36. The van der Waals surface area contributed by atoms with E-state index in [4.69, 9.17) is 14.3 Å². The molecule has 1 amide bonds. The van der Waals surface area contributed by atoms with Crippen molar-refractivity contribution in [1.82, 2.24) is 4.90 Å². The van der Waals surface area contributed by atoms with E-state index >= 15 is 0 Å². The number of fused-ring (bicyclic) bond motifs is 1. The molecule has 0 fully saturated rings. The topological polar surface area (TPSA) is 161 Å². The second-order valence-corrected chi connectivity index (χ2v) is 8.15. The lowest BCUT2D eigenvalue weighted by Gasteiger charge is -2.28. The molecular formula is C23H31NO9. The van der Waals surface area contributed by atoms with Crippen LogP contribution in [0, 0.1) is 6.92 Å². The van der Waals surface area contributed by atoms with Gasteiger partial charge in [-0.3, -0.25) is 4.79 Å². The van der Waals surface area contributed by atoms with Crippen molar-refractivity contribution in [3.05, 3.63) is 51.9 Å². The van der Waals surface area contributed by atoms with Crippen molar-refractivity contribution >= 4 is 16.9 Å². The number of amides is 1. The van der Waals surface area contributed by atoms with E-state index in [-0.39, 0.29) is 18.5 Å². The third kappa shape index (κ3) is 6.62. The van der Waals surface area contributed by atoms with Gasteiger partial charge in [0.2, 0.25) is 5.91 Å². The van der Waals surface area contributed by atoms with Crippen LogP contribution in [0.15, 0.2) is 39.6 Å². The highest BCUT2D eigenvalue weighted by atomic mass is 16.5. The highest BCUT2D eigenvalue weighted by molar-refractivity contribution is 5.85. The number of aryl methyl sites for hydroxylation is 1. The molecule has 0 unspecified atom stereocenters. The maximum atomic E-state index is 12.6. The SMILES string of the molecule is C=C(C)COc1ccc2c(C)c(CC(=O)N(C)C[C@H](O)[C@@H](O)[C@H](O)[C@H](O)CO)c(=O)oc2c1. The first-order chi connectivity index (χ1) is 15.5. The lowest BCUT2D eigenvalue weighted by molar-refractivity contribution is -0.137. The van der Waals surface area contributed by atoms with Crippen molar-refractivity contribution in [1.29, 1.82) is 0 Å². The minimum atomic E-state index is -1.80. The molecule has 0 aliphatic rings. The van der Waals surface area contributed by atoms with E-state index in [1.54, 1.807) is 25.1 Å². The Morgan fingerprint density at radius 3 is 2.42 bits per heavy atom. The van der Waals surface area contributed by atoms with Crippen LogP contribution in [0.3, 0.4) is 0 Å². The maximum Gasteiger partial charge on any atom is 0.340 e. The molecule has 0 saturated carbocycles. The number of ether oxygens (including phenoxy) is 1. The van der Waals surface area contributed by atoms with Gasteiger partial charge in [0.1, 0.15) is 42.4 Å². The summed E-state index contributed by atoms with van der Waals surface area (Å²) in [5.74, 6) is -0.0210. The van der Waals surface area contributed by atoms with Crippen molar-refractivity contribution in [2.75, 3.05) is 26.8 Å². The first-order valence-electron chi connectivity index (χ1n) is 10.4. The first-order valence-corrected chi connectivity index (χ1v) is 10.4. The molecule has 0 bridgehead atoms. The summed E-state index contributed by atoms with van der Waals surface area (Å²) in [5, 5.41) is 48.6. The third-order valence-electron chi connectivity index (χ3n) is 5.28. The Balaban J connectivity index is 2.15. The van der Waals surface area contributed by atoms with Gasteiger partial charge in [-0.2, -0.15) is 0 Å². The number of carbonyl (C=O) groups excluding carboxylic acids is 1. The number of likely N-dealkylation sites (N-methyl/N-ethyl adjacent to an activating group) is 1. The molecule has 33 heavy (non-hydrogen) atoms. The molecule has 0 aliphatic heterocycles. The van der Waals surface area contributed by atoms with E-state index in [1.807, 2.05) is 6.92 Å². The summed E-state index contributed by atoms with van der Waals surface area (Å²) in [6.07, 6.45) is -7.14. The van der Waals surface area contributed by atoms with Crippen LogP contribution in [-0.2, 0) is 11.2 Å². The van der Waals surface area contributed by atoms with Crippen molar-refractivity contribution in [2.45, 2.75) is 44.7 Å². The highest BCUT2D eigenvalue weighted by Crippen LogP contribution is 2.25. The molecule has 2 rings (SSSR count). The molecule has 1 aromatic heterocycles. The van der Waals surface area contributed by atoms with Gasteiger partial charge in [-0.15, -0.1) is 0 Å². The summed E-state index contributed by atoms with van der Waals surface area (Å²) < 4.78 is 11.0. The van der Waals surface area contributed by atoms with Crippen LogP contribution in [-0.4, -0.2) is 87.6 Å². The van der Waals surface area contributed by atoms with E-state index in [2.05, 4.69) is 6.58 Å². The van der Waals surface area contributed by atoms with E-state index in [9.17, 15) is 30.0 Å². The normalized spacial score (nSPS) is 15.0. The van der Waals surface area contributed by atoms with Gasteiger partial charge in [-0.1, -0.05) is 6.58 Å². The van der Waals surface area contributed by atoms with Crippen molar-refractivity contribution in [2.24, 2.45) is 0 Å². The molecule has 182 valence electrons. The van der Waals surface area contributed by atoms with Gasteiger partial charge < -0.3 is 39.6 Å². The number of benzene rings is 1. The van der Waals surface area contributed by atoms with Crippen LogP contribution in [0.25, 0.3) is 11.0 Å². The van der Waals surface area contributed by atoms with E-state index < -0.39 is 42.6 Å². The maximum absolute atomic E-state index is 12.6. The number of hydrogen-bond donors (Lipinski definition) is 5. The number of rotatable bonds is 11. The predicted molar refractivity (Wildman–Crippen MR) is 120 cm³/mol. The minimum Gasteiger partial charge on any atom is -0.489 e. The van der Waals surface area contributed by atoms with Crippen LogP contribution in [0.5, 0.6) is 5.75 Å². The summed E-state index contributed by atoms with van der Waals surface area (Å²) in [6, 6.07) is 5.04. The van der Waals surface area contributed by atoms with Gasteiger partial charge in [-0.25, -0.2) is 4.79 Å². The Kier molecular flexibility index (Phi) is 9.15. The monoisotopic (exact) mass is 465 g/mol. The molecule has 1 heterocycles. The predicted octanol–water partition coefficient (Wildman–Crippen LogP) is -0.507. The zero-order chi connectivity index (χ0) is 24.9. The average Bonchev–Trinajstić information content (AvgIpc) is 2.78. The Hall–Kier alpha value is -2.76. The number of carbonyl (C=O) groups is 1. The molecule has 4 atom stereocenters. The van der Waals surface area contributed by atoms with Gasteiger partial charge in [-0.05, 0) is 37.1 Å². The van der Waals surface area contributed by atoms with Gasteiger partial charge in [0.15, 0.2) is 0 Å². The van der Waals surface area contributed by atoms with Crippen LogP contribution < -0.4 is 10.4 Å². The summed E-state index contributed by atoms with van der Waals surface area (Å²) in [5.41, 5.74) is 1.19. The van der Waals surface area contributed by atoms with Crippen molar-refractivity contribution in [3.8, 4) is 5.75 Å². The molecule has 10 nitrogen and oxygen atoms in total. The quantitative estimate of drug-likeness (QED) is 0.217. The van der Waals surface area contributed by atoms with Crippen molar-refractivity contribution in [3.63, 3.8) is 0 Å². The molecule has 1 aromatic carbocycles. The Morgan fingerprint density at radius 1 is 1.18 bits per heavy atom. The molecule has 0 spiro atoms. The third-order valence-corrected chi connectivity index (χ3v) is 5.28. The first kappa shape index (κ1) is 26.5. The minimum absolute atomic E-state index is 0.153. The Labute approximate surface area is 191 Å². The summed E-state index contributed by atoms with van der Waals surface area (Å²) >= 11 is 0. The molecule has 5 N–H and O–H groups in total. The fourth-order valence-electron chi connectivity index (χ4n) is 3.21. The molecule has 0 aliphatic carbocycles. The number of aliphatic hydroxyl groups is 5. The fourth-order valence-corrected chi connectivity index (χ4v) is 3.21. The standard InChI is InChI=1S/C23H31NO9/c1-12(2)11-32-14-5-6-15-13(3)16(23(31)33-19(15)7-14)8-20(28)24(4)9-17(26)21(29)22(30)18(27)10-25/h5-7,17-18,21-22,25-27,29-30H,1,8-11H2,2-4H3/t17-,18+,21+,22+/m0/s1. The van der Waals surface area contributed by atoms with Gasteiger partial charge in [0.25, 0.3) is 0 Å². The lowest BCUT2D eigenvalue weighted by atomic mass is 10.0. The van der Waals surface area contributed by atoms with Gasteiger partial charge >= 0.3 is 5.63 Å². The van der Waals surface area contributed by atoms with Gasteiger partial charge in [0.05, 0.1) is 18.6 Å². The number of nitrogens with zero attached hydrogens (tertiary/aromatic N) is 1. The molecule has 0 saturated heterocycles. The Morgan fingerprint density at radius 2 is 1.82 bits per heavy atom. The van der Waals surface area contributed by atoms with Crippen molar-refractivity contribution < 1.29 is 39.5 Å². The Bertz CT molecular complexity index is 1050. The van der Waals surface area contributed by atoms with Crippen LogP contribution in [0.4, 0.5) is 0 Å². The lowest BCUT2D eigenvalue weighted by Crippen LogP contribution is -2.50. The van der Waals surface area contributed by atoms with Crippen LogP contribution in [0.2, 0.25) is 0 Å². The molecule has 2 aromatic rings. The number of hydrogen-bond acceptors (Lipinski definition) is 9. The number of aliphatic hydroxyl groups excluding tert-OH is 5. The molecule has 0 radical (unpaired) electrons. The van der Waals surface area contributed by atoms with E-state index in [0.29, 0.717) is 28.9 Å². The van der Waals surface area contributed by atoms with Gasteiger partial charge in [0, 0.05) is 25.0 Å². The summed E-state index contributed by atoms with van der Waals surface area (Å²) in [4.78, 5) is 26.3. The zero-order valence-electron chi connectivity index (χ0n) is 18.9. The molecule has 10 heteroatoms. The summed E-state index contributed by atoms with van der Waals surface area (Å²) in [6.45, 7) is 6.42.